The second-order valence-electron chi connectivity index (χ2n) is 13.7. The molecule has 6 heteroatoms. The fraction of sp³-hybridized carbons (Fsp3) is 0.581. The van der Waals surface area contributed by atoms with E-state index in [0.29, 0.717) is 49.0 Å². The van der Waals surface area contributed by atoms with E-state index in [1.54, 1.807) is 0 Å². The van der Waals surface area contributed by atoms with Gasteiger partial charge in [-0.2, -0.15) is 0 Å². The highest BCUT2D eigenvalue weighted by molar-refractivity contribution is 5.22. The van der Waals surface area contributed by atoms with E-state index in [9.17, 15) is 0 Å². The van der Waals surface area contributed by atoms with Crippen molar-refractivity contribution in [3.05, 3.63) is 91.0 Å². The van der Waals surface area contributed by atoms with Gasteiger partial charge in [-0.3, -0.25) is 0 Å². The van der Waals surface area contributed by atoms with Crippen LogP contribution in [0.15, 0.2) is 91.0 Å². The Morgan fingerprint density at radius 2 is 0.571 bits per heavy atom. The molecule has 0 bridgehead atoms. The molecule has 0 aliphatic carbocycles. The first-order valence-corrected chi connectivity index (χ1v) is 18.2. The first kappa shape index (κ1) is 48.1. The molecule has 6 nitrogen and oxygen atoms in total. The van der Waals surface area contributed by atoms with Crippen molar-refractivity contribution in [2.45, 2.75) is 115 Å². The van der Waals surface area contributed by atoms with Crippen LogP contribution in [0.4, 0.5) is 0 Å². The Kier molecular flexibility index (Phi) is 29.2. The summed E-state index contributed by atoms with van der Waals surface area (Å²) in [6, 6.07) is 29.4. The van der Waals surface area contributed by atoms with Crippen molar-refractivity contribution in [1.29, 1.82) is 0 Å². The van der Waals surface area contributed by atoms with Crippen LogP contribution < -0.4 is 14.2 Å². The second kappa shape index (κ2) is 29.8. The van der Waals surface area contributed by atoms with Crippen LogP contribution in [-0.4, -0.2) is 58.0 Å². The molecule has 0 aromatic heterocycles. The molecule has 3 aliphatic heterocycles. The van der Waals surface area contributed by atoms with Crippen LogP contribution in [0.3, 0.4) is 0 Å². The molecule has 0 spiro atoms. The van der Waals surface area contributed by atoms with E-state index in [-0.39, 0.29) is 0 Å². The molecule has 3 unspecified atom stereocenters. The van der Waals surface area contributed by atoms with Gasteiger partial charge in [-0.1, -0.05) is 152 Å². The molecule has 3 aromatic rings. The minimum Gasteiger partial charge on any atom is -0.491 e. The largest absolute Gasteiger partial charge is 0.491 e. The van der Waals surface area contributed by atoms with Gasteiger partial charge < -0.3 is 28.4 Å². The summed E-state index contributed by atoms with van der Waals surface area (Å²) in [7, 11) is 0. The highest BCUT2D eigenvalue weighted by atomic mass is 16.6. The summed E-state index contributed by atoms with van der Waals surface area (Å²) in [5.41, 5.74) is 1.00. The summed E-state index contributed by atoms with van der Waals surface area (Å²) in [5.74, 6) is 2.76. The number of epoxide rings is 3. The van der Waals surface area contributed by atoms with Gasteiger partial charge in [0.2, 0.25) is 0 Å². The lowest BCUT2D eigenvalue weighted by atomic mass is 10.0. The first-order valence-electron chi connectivity index (χ1n) is 18.2. The Morgan fingerprint density at radius 1 is 0.408 bits per heavy atom. The molecule has 0 radical (unpaired) electrons. The van der Waals surface area contributed by atoms with E-state index in [2.05, 4.69) is 55.4 Å². The number of ether oxygens (including phenoxy) is 6. The van der Waals surface area contributed by atoms with E-state index in [1.165, 1.54) is 0 Å². The monoisotopic (exact) mass is 685 g/mol. The van der Waals surface area contributed by atoms with Crippen LogP contribution in [0.2, 0.25) is 0 Å². The van der Waals surface area contributed by atoms with Gasteiger partial charge in [0.25, 0.3) is 0 Å². The van der Waals surface area contributed by atoms with Gasteiger partial charge in [0.15, 0.2) is 0 Å². The van der Waals surface area contributed by atoms with Crippen LogP contribution in [0.5, 0.6) is 17.2 Å². The van der Waals surface area contributed by atoms with Crippen LogP contribution >= 0.6 is 0 Å². The molecule has 0 N–H and O–H groups in total. The maximum atomic E-state index is 5.40. The predicted octanol–water partition coefficient (Wildman–Crippen LogP) is 11.6. The van der Waals surface area contributed by atoms with Gasteiger partial charge in [0.05, 0.1) is 19.8 Å². The molecule has 6 rings (SSSR count). The van der Waals surface area contributed by atoms with Crippen LogP contribution in [0, 0.1) is 10.8 Å². The van der Waals surface area contributed by atoms with Crippen molar-refractivity contribution in [3.63, 3.8) is 0 Å². The van der Waals surface area contributed by atoms with Gasteiger partial charge in [0, 0.05) is 0 Å². The normalized spacial score (nSPS) is 17.1. The lowest BCUT2D eigenvalue weighted by Crippen LogP contribution is -2.03. The predicted molar refractivity (Wildman–Crippen MR) is 209 cm³/mol. The molecule has 3 fully saturated rings. The Balaban J connectivity index is 0. The molecule has 3 heterocycles. The Hall–Kier alpha value is -3.06. The third kappa shape index (κ3) is 41.0. The maximum absolute atomic E-state index is 5.40. The van der Waals surface area contributed by atoms with Crippen LogP contribution in [-0.2, 0) is 14.2 Å². The van der Waals surface area contributed by atoms with Crippen molar-refractivity contribution < 1.29 is 28.4 Å². The molecule has 0 amide bonds. The number of rotatable bonds is 9. The molecule has 280 valence electrons. The average Bonchev–Trinajstić information content (AvgIpc) is 3.95. The van der Waals surface area contributed by atoms with Crippen molar-refractivity contribution in [1.82, 2.24) is 0 Å². The summed E-state index contributed by atoms with van der Waals surface area (Å²) in [6.45, 7) is 34.1. The Bertz CT molecular complexity index is 920. The molecular weight excluding hydrogens is 612 g/mol. The Morgan fingerprint density at radius 3 is 0.714 bits per heavy atom. The molecule has 49 heavy (non-hydrogen) atoms. The van der Waals surface area contributed by atoms with E-state index in [1.807, 2.05) is 133 Å². The highest BCUT2D eigenvalue weighted by Gasteiger charge is 2.24. The third-order valence-electron chi connectivity index (χ3n) is 4.74. The Labute approximate surface area is 301 Å². The summed E-state index contributed by atoms with van der Waals surface area (Å²) in [6.07, 6.45) is 1.03. The van der Waals surface area contributed by atoms with Gasteiger partial charge in [0.1, 0.15) is 55.4 Å². The first-order chi connectivity index (χ1) is 23.3. The van der Waals surface area contributed by atoms with Crippen molar-refractivity contribution in [3.8, 4) is 17.2 Å². The van der Waals surface area contributed by atoms with Gasteiger partial charge in [-0.05, 0) is 47.2 Å². The SMILES string of the molecule is CC.CC.CC.CC(C)(C)C.CC(C)(C)C.c1ccc(OCC2CO2)cc1.c1ccc(OCC2CO2)cc1.c1ccc(OCC2CO2)cc1. The molecule has 3 atom stereocenters. The van der Waals surface area contributed by atoms with E-state index in [0.717, 1.165) is 37.1 Å². The minimum absolute atomic E-state index is 0.343. The number of hydrogen-bond donors (Lipinski definition) is 0. The molecular formula is C43H72O6. The van der Waals surface area contributed by atoms with Crippen LogP contribution in [0.25, 0.3) is 0 Å². The maximum Gasteiger partial charge on any atom is 0.119 e. The van der Waals surface area contributed by atoms with Crippen molar-refractivity contribution in [2.75, 3.05) is 39.6 Å². The van der Waals surface area contributed by atoms with Crippen molar-refractivity contribution in [2.24, 2.45) is 10.8 Å². The summed E-state index contributed by atoms with van der Waals surface area (Å²) in [4.78, 5) is 0. The van der Waals surface area contributed by atoms with E-state index >= 15 is 0 Å². The van der Waals surface area contributed by atoms with Crippen molar-refractivity contribution >= 4 is 0 Å². The zero-order valence-electron chi connectivity index (χ0n) is 33.6. The fourth-order valence-electron chi connectivity index (χ4n) is 2.61. The highest BCUT2D eigenvalue weighted by Crippen LogP contribution is 2.15. The van der Waals surface area contributed by atoms with Gasteiger partial charge >= 0.3 is 0 Å². The lowest BCUT2D eigenvalue weighted by Gasteiger charge is -2.05. The molecule has 3 aromatic carbocycles. The molecule has 0 saturated carbocycles. The van der Waals surface area contributed by atoms with Gasteiger partial charge in [-0.15, -0.1) is 0 Å². The standard InChI is InChI=1S/3C9H10O2.2C5H12.3C2H6/c3*1-2-4-8(5-3-1)10-6-9-7-11-9;2*1-5(2,3)4;3*1-2/h3*1-5,9H,6-7H2;2*1-4H3;3*1-2H3. The molecule has 3 saturated heterocycles. The topological polar surface area (TPSA) is 65.3 Å². The molecule has 3 aliphatic rings. The number of para-hydroxylation sites is 3. The summed E-state index contributed by atoms with van der Waals surface area (Å²) >= 11 is 0. The van der Waals surface area contributed by atoms with Crippen LogP contribution in [0.1, 0.15) is 96.9 Å². The van der Waals surface area contributed by atoms with E-state index < -0.39 is 0 Å². The second-order valence-corrected chi connectivity index (χ2v) is 13.7. The smallest absolute Gasteiger partial charge is 0.119 e. The minimum atomic E-state index is 0.343. The quantitative estimate of drug-likeness (QED) is 0.209. The average molecular weight is 685 g/mol. The van der Waals surface area contributed by atoms with Gasteiger partial charge in [-0.25, -0.2) is 0 Å². The van der Waals surface area contributed by atoms with E-state index in [4.69, 9.17) is 28.4 Å². The lowest BCUT2D eigenvalue weighted by molar-refractivity contribution is 0.263. The number of hydrogen-bond acceptors (Lipinski definition) is 6. The summed E-state index contributed by atoms with van der Waals surface area (Å²) in [5, 5.41) is 0. The number of benzene rings is 3. The fourth-order valence-corrected chi connectivity index (χ4v) is 2.61. The third-order valence-corrected chi connectivity index (χ3v) is 4.74. The summed E-state index contributed by atoms with van der Waals surface area (Å²) < 4.78 is 31.2. The zero-order valence-corrected chi connectivity index (χ0v) is 33.6. The zero-order chi connectivity index (χ0) is 37.6.